The lowest BCUT2D eigenvalue weighted by atomic mass is 10.1. The lowest BCUT2D eigenvalue weighted by Gasteiger charge is -2.05. The molecule has 1 aromatic heterocycles. The molecule has 2 aromatic rings. The lowest BCUT2D eigenvalue weighted by molar-refractivity contribution is 0.0701. The number of carboxylic acid groups (broad SMARTS) is 1. The number of carbonyl (C=O) groups is 2. The van der Waals surface area contributed by atoms with Crippen molar-refractivity contribution in [2.45, 2.75) is 20.8 Å². The average molecular weight is 289 g/mol. The number of hydrogen-bond donors (Lipinski definition) is 2. The Labute approximate surface area is 121 Å². The first-order chi connectivity index (χ1) is 9.38. The number of anilines is 1. The van der Waals surface area contributed by atoms with E-state index in [1.807, 2.05) is 26.0 Å². The molecule has 0 saturated heterocycles. The van der Waals surface area contributed by atoms with Gasteiger partial charge in [-0.05, 0) is 55.7 Å². The number of carbonyl (C=O) groups excluding carboxylic acids is 1. The number of benzene rings is 1. The number of nitrogens with one attached hydrogen (secondary N) is 1. The Bertz CT molecular complexity index is 688. The summed E-state index contributed by atoms with van der Waals surface area (Å²) in [5.41, 5.74) is 3.39. The van der Waals surface area contributed by atoms with Crippen molar-refractivity contribution in [1.82, 2.24) is 0 Å². The number of aromatic carboxylic acids is 1. The van der Waals surface area contributed by atoms with Crippen LogP contribution < -0.4 is 5.32 Å². The second kappa shape index (κ2) is 5.46. The summed E-state index contributed by atoms with van der Waals surface area (Å²) < 4.78 is 0. The van der Waals surface area contributed by atoms with Crippen LogP contribution in [0.2, 0.25) is 0 Å². The van der Waals surface area contributed by atoms with Gasteiger partial charge in [0, 0.05) is 5.56 Å². The largest absolute Gasteiger partial charge is 0.477 e. The smallest absolute Gasteiger partial charge is 0.346 e. The Kier molecular flexibility index (Phi) is 3.90. The fraction of sp³-hybridized carbons (Fsp3) is 0.200. The molecule has 1 aromatic carbocycles. The van der Waals surface area contributed by atoms with Crippen molar-refractivity contribution in [3.8, 4) is 0 Å². The molecule has 1 heterocycles. The van der Waals surface area contributed by atoms with Gasteiger partial charge in [-0.2, -0.15) is 0 Å². The van der Waals surface area contributed by atoms with Crippen molar-refractivity contribution < 1.29 is 14.7 Å². The van der Waals surface area contributed by atoms with Gasteiger partial charge in [0.1, 0.15) is 4.88 Å². The molecule has 2 N–H and O–H groups in total. The molecule has 0 aliphatic rings. The van der Waals surface area contributed by atoms with Crippen LogP contribution in [-0.4, -0.2) is 17.0 Å². The van der Waals surface area contributed by atoms with E-state index in [9.17, 15) is 9.59 Å². The Morgan fingerprint density at radius 3 is 2.30 bits per heavy atom. The number of hydrogen-bond acceptors (Lipinski definition) is 3. The van der Waals surface area contributed by atoms with Crippen LogP contribution in [0.3, 0.4) is 0 Å². The Morgan fingerprint density at radius 2 is 1.75 bits per heavy atom. The van der Waals surface area contributed by atoms with Crippen molar-refractivity contribution in [3.63, 3.8) is 0 Å². The lowest BCUT2D eigenvalue weighted by Crippen LogP contribution is -2.11. The normalized spacial score (nSPS) is 10.3. The van der Waals surface area contributed by atoms with Crippen LogP contribution in [0.4, 0.5) is 5.00 Å². The SMILES string of the molecule is Cc1ccc(C(=O)Nc2cc(C)c(C(=O)O)s2)cc1C. The molecule has 4 nitrogen and oxygen atoms in total. The van der Waals surface area contributed by atoms with E-state index in [0.717, 1.165) is 22.5 Å². The first-order valence-electron chi connectivity index (χ1n) is 6.11. The quantitative estimate of drug-likeness (QED) is 0.906. The fourth-order valence-corrected chi connectivity index (χ4v) is 2.73. The monoisotopic (exact) mass is 289 g/mol. The summed E-state index contributed by atoms with van der Waals surface area (Å²) >= 11 is 1.07. The molecule has 2 rings (SSSR count). The molecular weight excluding hydrogens is 274 g/mol. The van der Waals surface area contributed by atoms with Crippen LogP contribution in [0, 0.1) is 20.8 Å². The Morgan fingerprint density at radius 1 is 1.05 bits per heavy atom. The third-order valence-corrected chi connectivity index (χ3v) is 4.26. The minimum Gasteiger partial charge on any atom is -0.477 e. The van der Waals surface area contributed by atoms with Gasteiger partial charge >= 0.3 is 5.97 Å². The predicted octanol–water partition coefficient (Wildman–Crippen LogP) is 3.62. The van der Waals surface area contributed by atoms with E-state index in [0.29, 0.717) is 16.1 Å². The highest BCUT2D eigenvalue weighted by molar-refractivity contribution is 7.18. The van der Waals surface area contributed by atoms with Crippen LogP contribution in [0.1, 0.15) is 36.7 Å². The summed E-state index contributed by atoms with van der Waals surface area (Å²) in [6.07, 6.45) is 0. The van der Waals surface area contributed by atoms with Gasteiger partial charge in [-0.25, -0.2) is 4.79 Å². The van der Waals surface area contributed by atoms with Crippen LogP contribution in [0.25, 0.3) is 0 Å². The van der Waals surface area contributed by atoms with Crippen molar-refractivity contribution in [2.24, 2.45) is 0 Å². The second-order valence-corrected chi connectivity index (χ2v) is 5.73. The molecule has 0 spiro atoms. The van der Waals surface area contributed by atoms with Crippen LogP contribution in [-0.2, 0) is 0 Å². The van der Waals surface area contributed by atoms with Gasteiger partial charge < -0.3 is 10.4 Å². The second-order valence-electron chi connectivity index (χ2n) is 4.68. The number of carboxylic acids is 1. The first kappa shape index (κ1) is 14.3. The minimum absolute atomic E-state index is 0.230. The molecular formula is C15H15NO3S. The van der Waals surface area contributed by atoms with E-state index < -0.39 is 5.97 Å². The maximum absolute atomic E-state index is 12.1. The van der Waals surface area contributed by atoms with E-state index >= 15 is 0 Å². The molecule has 0 radical (unpaired) electrons. The highest BCUT2D eigenvalue weighted by Crippen LogP contribution is 2.27. The Balaban J connectivity index is 2.21. The summed E-state index contributed by atoms with van der Waals surface area (Å²) in [6.45, 7) is 5.65. The fourth-order valence-electron chi connectivity index (χ4n) is 1.82. The first-order valence-corrected chi connectivity index (χ1v) is 6.92. The molecule has 1 amide bonds. The van der Waals surface area contributed by atoms with E-state index in [1.54, 1.807) is 19.1 Å². The van der Waals surface area contributed by atoms with Crippen LogP contribution in [0.15, 0.2) is 24.3 Å². The van der Waals surface area contributed by atoms with Gasteiger partial charge in [0.2, 0.25) is 0 Å². The summed E-state index contributed by atoms with van der Waals surface area (Å²) in [6, 6.07) is 7.15. The number of rotatable bonds is 3. The Hall–Kier alpha value is -2.14. The van der Waals surface area contributed by atoms with Gasteiger partial charge in [-0.1, -0.05) is 6.07 Å². The molecule has 0 unspecified atom stereocenters. The highest BCUT2D eigenvalue weighted by Gasteiger charge is 2.14. The molecule has 20 heavy (non-hydrogen) atoms. The molecule has 0 aliphatic heterocycles. The van der Waals surface area contributed by atoms with Crippen molar-refractivity contribution >= 4 is 28.2 Å². The summed E-state index contributed by atoms with van der Waals surface area (Å²) in [4.78, 5) is 23.3. The van der Waals surface area contributed by atoms with E-state index in [2.05, 4.69) is 5.32 Å². The van der Waals surface area contributed by atoms with E-state index in [1.165, 1.54) is 0 Å². The van der Waals surface area contributed by atoms with Crippen molar-refractivity contribution in [2.75, 3.05) is 5.32 Å². The molecule has 0 fully saturated rings. The maximum atomic E-state index is 12.1. The van der Waals surface area contributed by atoms with Crippen LogP contribution in [0.5, 0.6) is 0 Å². The van der Waals surface area contributed by atoms with Crippen LogP contribution >= 0.6 is 11.3 Å². The number of thiophene rings is 1. The molecule has 0 saturated carbocycles. The van der Waals surface area contributed by atoms with Crippen molar-refractivity contribution in [1.29, 1.82) is 0 Å². The standard InChI is InChI=1S/C15H15NO3S/c1-8-4-5-11(6-9(8)2)14(17)16-12-7-10(3)13(20-12)15(18)19/h4-7H,1-3H3,(H,16,17)(H,18,19). The molecule has 0 aliphatic carbocycles. The zero-order valence-electron chi connectivity index (χ0n) is 11.5. The third kappa shape index (κ3) is 2.88. The van der Waals surface area contributed by atoms with Gasteiger partial charge in [-0.3, -0.25) is 4.79 Å². The van der Waals surface area contributed by atoms with Crippen molar-refractivity contribution in [3.05, 3.63) is 51.4 Å². The average Bonchev–Trinajstić information content (AvgIpc) is 2.73. The summed E-state index contributed by atoms with van der Waals surface area (Å²) in [5.74, 6) is -1.20. The number of aryl methyl sites for hydroxylation is 3. The topological polar surface area (TPSA) is 66.4 Å². The summed E-state index contributed by atoms with van der Waals surface area (Å²) in [7, 11) is 0. The zero-order chi connectivity index (χ0) is 14.9. The summed E-state index contributed by atoms with van der Waals surface area (Å²) in [5, 5.41) is 12.3. The predicted molar refractivity (Wildman–Crippen MR) is 79.9 cm³/mol. The van der Waals surface area contributed by atoms with Gasteiger partial charge in [0.25, 0.3) is 5.91 Å². The third-order valence-electron chi connectivity index (χ3n) is 3.12. The number of amides is 1. The van der Waals surface area contributed by atoms with E-state index in [-0.39, 0.29) is 10.8 Å². The molecule has 0 atom stereocenters. The highest BCUT2D eigenvalue weighted by atomic mass is 32.1. The molecule has 5 heteroatoms. The molecule has 104 valence electrons. The van der Waals surface area contributed by atoms with Gasteiger partial charge in [0.05, 0.1) is 5.00 Å². The zero-order valence-corrected chi connectivity index (χ0v) is 12.3. The molecule has 0 bridgehead atoms. The van der Waals surface area contributed by atoms with Gasteiger partial charge in [-0.15, -0.1) is 11.3 Å². The van der Waals surface area contributed by atoms with Gasteiger partial charge in [0.15, 0.2) is 0 Å². The minimum atomic E-state index is -0.973. The maximum Gasteiger partial charge on any atom is 0.346 e. The van der Waals surface area contributed by atoms with E-state index in [4.69, 9.17) is 5.11 Å².